The Labute approximate surface area is 144 Å². The van der Waals surface area contributed by atoms with E-state index in [1.807, 2.05) is 11.8 Å². The molecule has 24 heavy (non-hydrogen) atoms. The molecule has 2 fully saturated rings. The van der Waals surface area contributed by atoms with Gasteiger partial charge in [-0.2, -0.15) is 11.8 Å². The molecule has 1 aromatic rings. The summed E-state index contributed by atoms with van der Waals surface area (Å²) in [6.07, 6.45) is 6.84. The van der Waals surface area contributed by atoms with Crippen LogP contribution in [0.25, 0.3) is 0 Å². The highest BCUT2D eigenvalue weighted by Crippen LogP contribution is 2.25. The van der Waals surface area contributed by atoms with Gasteiger partial charge in [0.25, 0.3) is 11.5 Å². The second-order valence-corrected chi connectivity index (χ2v) is 7.51. The molecule has 1 aliphatic carbocycles. The molecule has 0 bridgehead atoms. The van der Waals surface area contributed by atoms with Gasteiger partial charge in [0, 0.05) is 36.1 Å². The fourth-order valence-corrected chi connectivity index (χ4v) is 4.39. The predicted octanol–water partition coefficient (Wildman–Crippen LogP) is 0.680. The molecule has 0 spiro atoms. The van der Waals surface area contributed by atoms with Crippen molar-refractivity contribution >= 4 is 23.6 Å². The zero-order valence-electron chi connectivity index (χ0n) is 13.4. The lowest BCUT2D eigenvalue weighted by Crippen LogP contribution is -2.44. The highest BCUT2D eigenvalue weighted by Gasteiger charge is 2.29. The minimum atomic E-state index is -0.488. The Kier molecular flexibility index (Phi) is 5.55. The van der Waals surface area contributed by atoms with Crippen molar-refractivity contribution in [3.63, 3.8) is 0 Å². The molecule has 1 aliphatic heterocycles. The van der Waals surface area contributed by atoms with Crippen molar-refractivity contribution in [2.24, 2.45) is 5.92 Å². The zero-order chi connectivity index (χ0) is 16.9. The number of aromatic nitrogens is 2. The summed E-state index contributed by atoms with van der Waals surface area (Å²) in [7, 11) is 0. The lowest BCUT2D eigenvalue weighted by atomic mass is 9.85. The van der Waals surface area contributed by atoms with E-state index in [2.05, 4.69) is 20.6 Å². The van der Waals surface area contributed by atoms with Crippen LogP contribution in [0.1, 0.15) is 42.6 Å². The Morgan fingerprint density at radius 2 is 1.92 bits per heavy atom. The van der Waals surface area contributed by atoms with Gasteiger partial charge in [0.2, 0.25) is 5.91 Å². The molecule has 0 radical (unpaired) electrons. The molecule has 0 aromatic carbocycles. The molecule has 1 atom stereocenters. The van der Waals surface area contributed by atoms with E-state index in [4.69, 9.17) is 0 Å². The average Bonchev–Trinajstić information content (AvgIpc) is 3.08. The Morgan fingerprint density at radius 1 is 1.12 bits per heavy atom. The smallest absolute Gasteiger partial charge is 0.279 e. The van der Waals surface area contributed by atoms with Crippen LogP contribution in [0.3, 0.4) is 0 Å². The Hall–Kier alpha value is -1.83. The molecule has 1 unspecified atom stereocenters. The van der Waals surface area contributed by atoms with Gasteiger partial charge in [-0.05, 0) is 37.9 Å². The molecule has 2 heterocycles. The number of rotatable bonds is 4. The SMILES string of the molecule is O=C(NC1CCC(C(=O)NC2CCSC2)CC1)c1ncc[nH]c1=O. The molecule has 2 amide bonds. The van der Waals surface area contributed by atoms with Crippen LogP contribution in [-0.4, -0.2) is 45.4 Å². The van der Waals surface area contributed by atoms with Crippen molar-refractivity contribution < 1.29 is 9.59 Å². The summed E-state index contributed by atoms with van der Waals surface area (Å²) in [6, 6.07) is 0.306. The molecule has 3 rings (SSSR count). The van der Waals surface area contributed by atoms with E-state index in [0.717, 1.165) is 43.6 Å². The molecular formula is C16H22N4O3S. The first-order valence-corrected chi connectivity index (χ1v) is 9.51. The number of carbonyl (C=O) groups is 2. The second kappa shape index (κ2) is 7.83. The van der Waals surface area contributed by atoms with Gasteiger partial charge >= 0.3 is 0 Å². The van der Waals surface area contributed by atoms with Crippen molar-refractivity contribution in [2.75, 3.05) is 11.5 Å². The lowest BCUT2D eigenvalue weighted by Gasteiger charge is -2.29. The molecular weight excluding hydrogens is 328 g/mol. The fraction of sp³-hybridized carbons (Fsp3) is 0.625. The van der Waals surface area contributed by atoms with Crippen LogP contribution in [0.15, 0.2) is 17.2 Å². The van der Waals surface area contributed by atoms with Crippen molar-refractivity contribution in [1.82, 2.24) is 20.6 Å². The summed E-state index contributed by atoms with van der Waals surface area (Å²) in [4.78, 5) is 42.2. The summed E-state index contributed by atoms with van der Waals surface area (Å²) in [5.74, 6) is 1.86. The summed E-state index contributed by atoms with van der Waals surface area (Å²) < 4.78 is 0. The summed E-state index contributed by atoms with van der Waals surface area (Å²) in [5.41, 5.74) is -0.603. The number of hydrogen-bond acceptors (Lipinski definition) is 5. The number of thioether (sulfide) groups is 1. The van der Waals surface area contributed by atoms with E-state index in [-0.39, 0.29) is 23.6 Å². The number of amides is 2. The van der Waals surface area contributed by atoms with E-state index in [9.17, 15) is 14.4 Å². The lowest BCUT2D eigenvalue weighted by molar-refractivity contribution is -0.126. The van der Waals surface area contributed by atoms with Crippen LogP contribution in [0.4, 0.5) is 0 Å². The zero-order valence-corrected chi connectivity index (χ0v) is 14.2. The van der Waals surface area contributed by atoms with Crippen LogP contribution >= 0.6 is 11.8 Å². The molecule has 2 aliphatic rings. The molecule has 8 heteroatoms. The minimum Gasteiger partial charge on any atom is -0.352 e. The highest BCUT2D eigenvalue weighted by molar-refractivity contribution is 7.99. The minimum absolute atomic E-state index is 0.00927. The predicted molar refractivity (Wildman–Crippen MR) is 91.9 cm³/mol. The Bertz CT molecular complexity index is 649. The first-order chi connectivity index (χ1) is 11.6. The third kappa shape index (κ3) is 4.17. The van der Waals surface area contributed by atoms with E-state index in [0.29, 0.717) is 6.04 Å². The van der Waals surface area contributed by atoms with Crippen molar-refractivity contribution in [2.45, 2.75) is 44.2 Å². The largest absolute Gasteiger partial charge is 0.352 e. The Morgan fingerprint density at radius 3 is 2.58 bits per heavy atom. The third-order valence-electron chi connectivity index (χ3n) is 4.63. The second-order valence-electron chi connectivity index (χ2n) is 6.36. The van der Waals surface area contributed by atoms with Crippen LogP contribution < -0.4 is 16.2 Å². The topological polar surface area (TPSA) is 104 Å². The first-order valence-electron chi connectivity index (χ1n) is 8.36. The van der Waals surface area contributed by atoms with Crippen LogP contribution in [0.2, 0.25) is 0 Å². The van der Waals surface area contributed by atoms with Crippen molar-refractivity contribution in [3.05, 3.63) is 28.4 Å². The van der Waals surface area contributed by atoms with Crippen molar-refractivity contribution in [1.29, 1.82) is 0 Å². The molecule has 130 valence electrons. The van der Waals surface area contributed by atoms with Gasteiger partial charge in [0.15, 0.2) is 5.69 Å². The van der Waals surface area contributed by atoms with Gasteiger partial charge in [0.05, 0.1) is 0 Å². The van der Waals surface area contributed by atoms with Gasteiger partial charge in [0.1, 0.15) is 0 Å². The van der Waals surface area contributed by atoms with E-state index < -0.39 is 11.5 Å². The molecule has 7 nitrogen and oxygen atoms in total. The first kappa shape index (κ1) is 17.0. The molecule has 1 aromatic heterocycles. The summed E-state index contributed by atoms with van der Waals surface area (Å²) in [5, 5.41) is 5.99. The van der Waals surface area contributed by atoms with E-state index in [1.165, 1.54) is 12.4 Å². The van der Waals surface area contributed by atoms with Crippen LogP contribution in [0, 0.1) is 5.92 Å². The van der Waals surface area contributed by atoms with Crippen LogP contribution in [-0.2, 0) is 4.79 Å². The number of aromatic amines is 1. The maximum Gasteiger partial charge on any atom is 0.279 e. The van der Waals surface area contributed by atoms with Gasteiger partial charge < -0.3 is 15.6 Å². The maximum atomic E-state index is 12.3. The Balaban J connectivity index is 1.46. The van der Waals surface area contributed by atoms with E-state index in [1.54, 1.807) is 0 Å². The van der Waals surface area contributed by atoms with E-state index >= 15 is 0 Å². The average molecular weight is 350 g/mol. The maximum absolute atomic E-state index is 12.3. The number of hydrogen-bond donors (Lipinski definition) is 3. The molecule has 1 saturated carbocycles. The normalized spacial score (nSPS) is 26.8. The number of nitrogens with zero attached hydrogens (tertiary/aromatic N) is 1. The molecule has 3 N–H and O–H groups in total. The van der Waals surface area contributed by atoms with Gasteiger partial charge in [-0.1, -0.05) is 0 Å². The summed E-state index contributed by atoms with van der Waals surface area (Å²) in [6.45, 7) is 0. The molecule has 1 saturated heterocycles. The summed E-state index contributed by atoms with van der Waals surface area (Å²) >= 11 is 1.88. The monoisotopic (exact) mass is 350 g/mol. The number of H-pyrrole nitrogens is 1. The van der Waals surface area contributed by atoms with Gasteiger partial charge in [-0.3, -0.25) is 14.4 Å². The van der Waals surface area contributed by atoms with Crippen molar-refractivity contribution in [3.8, 4) is 0 Å². The number of nitrogens with one attached hydrogen (secondary N) is 3. The fourth-order valence-electron chi connectivity index (χ4n) is 3.23. The highest BCUT2D eigenvalue weighted by atomic mass is 32.2. The third-order valence-corrected chi connectivity index (χ3v) is 5.79. The van der Waals surface area contributed by atoms with Gasteiger partial charge in [-0.25, -0.2) is 4.98 Å². The van der Waals surface area contributed by atoms with Crippen LogP contribution in [0.5, 0.6) is 0 Å². The quantitative estimate of drug-likeness (QED) is 0.741. The van der Waals surface area contributed by atoms with Gasteiger partial charge in [-0.15, -0.1) is 0 Å². The standard InChI is InChI=1S/C16H22N4O3S/c21-14(20-12-5-8-24-9-12)10-1-3-11(4-2-10)19-16(23)13-15(22)18-7-6-17-13/h6-7,10-12H,1-5,8-9H2,(H,18,22)(H,19,23)(H,20,21). The number of carbonyl (C=O) groups excluding carboxylic acids is 2.